The van der Waals surface area contributed by atoms with Gasteiger partial charge in [0.25, 0.3) is 0 Å². The number of carbonyl (C=O) groups is 2. The number of esters is 2. The van der Waals surface area contributed by atoms with Crippen LogP contribution in [0.2, 0.25) is 0 Å². The van der Waals surface area contributed by atoms with Crippen molar-refractivity contribution in [1.82, 2.24) is 0 Å². The predicted octanol–water partition coefficient (Wildman–Crippen LogP) is -1.52. The van der Waals surface area contributed by atoms with Crippen molar-refractivity contribution in [3.05, 3.63) is 12.3 Å². The van der Waals surface area contributed by atoms with Crippen LogP contribution >= 0.6 is 0 Å². The average Bonchev–Trinajstić information content (AvgIpc) is 2.02. The van der Waals surface area contributed by atoms with Crippen molar-refractivity contribution < 1.29 is 29.6 Å². The third-order valence-corrected chi connectivity index (χ3v) is 0.874. The van der Waals surface area contributed by atoms with Gasteiger partial charge in [-0.15, -0.1) is 0 Å². The molecule has 0 fully saturated rings. The van der Waals surface area contributed by atoms with Crippen molar-refractivity contribution in [3.63, 3.8) is 0 Å². The van der Waals surface area contributed by atoms with Gasteiger partial charge < -0.3 is 20.1 Å². The molecule has 6 heteroatoms. The minimum atomic E-state index is -1.78. The van der Waals surface area contributed by atoms with E-state index in [0.717, 1.165) is 0 Å². The van der Waals surface area contributed by atoms with Crippen LogP contribution in [-0.2, 0) is 14.3 Å². The highest BCUT2D eigenvalue weighted by Gasteiger charge is 2.20. The number of ether oxygens (including phenoxy) is 1. The van der Waals surface area contributed by atoms with E-state index in [4.69, 9.17) is 15.3 Å². The van der Waals surface area contributed by atoms with Gasteiger partial charge in [-0.05, 0) is 6.58 Å². The van der Waals surface area contributed by atoms with Crippen LogP contribution in [-0.4, -0.2) is 40.0 Å². The second kappa shape index (κ2) is 4.47. The zero-order valence-electron chi connectivity index (χ0n) is 6.06. The van der Waals surface area contributed by atoms with Gasteiger partial charge in [-0.1, -0.05) is 0 Å². The Morgan fingerprint density at radius 3 is 2.33 bits per heavy atom. The smallest absolute Gasteiger partial charge is 0.380 e. The standard InChI is InChI=1S/C6H8O6/c1-3(8)5(10)12-6(11)4(9)2-7/h4,7-9H,1-2H2. The number of aliphatic hydroxyl groups excluding tert-OH is 3. The van der Waals surface area contributed by atoms with E-state index < -0.39 is 30.4 Å². The van der Waals surface area contributed by atoms with Gasteiger partial charge in [-0.2, -0.15) is 0 Å². The normalized spacial score (nSPS) is 11.8. The number of aliphatic hydroxyl groups is 3. The molecule has 0 aliphatic rings. The van der Waals surface area contributed by atoms with Gasteiger partial charge in [0.2, 0.25) is 0 Å². The van der Waals surface area contributed by atoms with E-state index in [2.05, 4.69) is 11.3 Å². The molecule has 0 bridgehead atoms. The predicted molar refractivity (Wildman–Crippen MR) is 36.0 cm³/mol. The van der Waals surface area contributed by atoms with Crippen LogP contribution in [0.1, 0.15) is 0 Å². The molecule has 0 spiro atoms. The summed E-state index contributed by atoms with van der Waals surface area (Å²) in [5.74, 6) is -3.64. The Hall–Kier alpha value is -1.40. The second-order valence-corrected chi connectivity index (χ2v) is 1.85. The molecule has 0 aliphatic carbocycles. The quantitative estimate of drug-likeness (QED) is 0.209. The summed E-state index contributed by atoms with van der Waals surface area (Å²) in [4.78, 5) is 20.9. The molecule has 68 valence electrons. The van der Waals surface area contributed by atoms with E-state index >= 15 is 0 Å². The molecule has 0 saturated carbocycles. The maximum Gasteiger partial charge on any atom is 0.380 e. The monoisotopic (exact) mass is 176 g/mol. The molecule has 0 saturated heterocycles. The second-order valence-electron chi connectivity index (χ2n) is 1.85. The molecule has 1 atom stereocenters. The lowest BCUT2D eigenvalue weighted by Gasteiger charge is -2.04. The van der Waals surface area contributed by atoms with Crippen LogP contribution in [0.3, 0.4) is 0 Å². The Kier molecular flexibility index (Phi) is 3.95. The highest BCUT2D eigenvalue weighted by molar-refractivity contribution is 5.95. The van der Waals surface area contributed by atoms with E-state index in [1.165, 1.54) is 0 Å². The molecule has 0 radical (unpaired) electrons. The fraction of sp³-hybridized carbons (Fsp3) is 0.333. The maximum absolute atomic E-state index is 10.5. The summed E-state index contributed by atoms with van der Waals surface area (Å²) in [7, 11) is 0. The highest BCUT2D eigenvalue weighted by atomic mass is 16.6. The zero-order chi connectivity index (χ0) is 9.72. The van der Waals surface area contributed by atoms with E-state index in [9.17, 15) is 9.59 Å². The summed E-state index contributed by atoms with van der Waals surface area (Å²) in [6.07, 6.45) is -1.78. The summed E-state index contributed by atoms with van der Waals surface area (Å²) < 4.78 is 3.83. The molecular weight excluding hydrogens is 168 g/mol. The molecule has 0 aromatic carbocycles. The van der Waals surface area contributed by atoms with Crippen molar-refractivity contribution in [3.8, 4) is 0 Å². The number of rotatable bonds is 3. The molecular formula is C6H8O6. The summed E-state index contributed by atoms with van der Waals surface area (Å²) in [5.41, 5.74) is 0. The fourth-order valence-corrected chi connectivity index (χ4v) is 0.293. The Balaban J connectivity index is 4.01. The van der Waals surface area contributed by atoms with E-state index in [-0.39, 0.29) is 0 Å². The Morgan fingerprint density at radius 1 is 1.50 bits per heavy atom. The first-order valence-corrected chi connectivity index (χ1v) is 2.92. The molecule has 0 aromatic rings. The van der Waals surface area contributed by atoms with Crippen LogP contribution in [0.5, 0.6) is 0 Å². The maximum atomic E-state index is 10.5. The van der Waals surface area contributed by atoms with Crippen molar-refractivity contribution in [1.29, 1.82) is 0 Å². The van der Waals surface area contributed by atoms with Gasteiger partial charge in [0.1, 0.15) is 0 Å². The van der Waals surface area contributed by atoms with Crippen LogP contribution < -0.4 is 0 Å². The molecule has 0 aliphatic heterocycles. The van der Waals surface area contributed by atoms with Crippen LogP contribution in [0.4, 0.5) is 0 Å². The molecule has 0 amide bonds. The lowest BCUT2D eigenvalue weighted by molar-refractivity contribution is -0.166. The van der Waals surface area contributed by atoms with Crippen molar-refractivity contribution in [2.24, 2.45) is 0 Å². The third-order valence-electron chi connectivity index (χ3n) is 0.874. The summed E-state index contributed by atoms with van der Waals surface area (Å²) in [6.45, 7) is 1.92. The van der Waals surface area contributed by atoms with E-state index in [1.54, 1.807) is 0 Å². The van der Waals surface area contributed by atoms with Gasteiger partial charge in [-0.3, -0.25) is 0 Å². The number of hydrogen-bond donors (Lipinski definition) is 3. The topological polar surface area (TPSA) is 104 Å². The third kappa shape index (κ3) is 3.13. The largest absolute Gasteiger partial charge is 0.502 e. The molecule has 0 heterocycles. The van der Waals surface area contributed by atoms with Gasteiger partial charge in [0, 0.05) is 0 Å². The van der Waals surface area contributed by atoms with Crippen molar-refractivity contribution >= 4 is 11.9 Å². The van der Waals surface area contributed by atoms with Crippen LogP contribution in [0.25, 0.3) is 0 Å². The first-order chi connectivity index (χ1) is 5.49. The molecule has 6 nitrogen and oxygen atoms in total. The molecule has 0 rings (SSSR count). The van der Waals surface area contributed by atoms with Crippen molar-refractivity contribution in [2.75, 3.05) is 6.61 Å². The Bertz CT molecular complexity index is 208. The number of carbonyl (C=O) groups excluding carboxylic acids is 2. The van der Waals surface area contributed by atoms with Gasteiger partial charge in [-0.25, -0.2) is 9.59 Å². The Labute approximate surface area is 67.7 Å². The zero-order valence-corrected chi connectivity index (χ0v) is 6.06. The van der Waals surface area contributed by atoms with Gasteiger partial charge in [0.15, 0.2) is 11.9 Å². The summed E-state index contributed by atoms with van der Waals surface area (Å²) >= 11 is 0. The summed E-state index contributed by atoms with van der Waals surface area (Å²) in [5, 5.41) is 25.1. The van der Waals surface area contributed by atoms with Gasteiger partial charge in [0.05, 0.1) is 6.61 Å². The molecule has 1 unspecified atom stereocenters. The van der Waals surface area contributed by atoms with E-state index in [0.29, 0.717) is 0 Å². The lowest BCUT2D eigenvalue weighted by atomic mass is 10.4. The first-order valence-electron chi connectivity index (χ1n) is 2.92. The number of hydrogen-bond acceptors (Lipinski definition) is 6. The molecule has 3 N–H and O–H groups in total. The highest BCUT2D eigenvalue weighted by Crippen LogP contribution is 1.93. The average molecular weight is 176 g/mol. The SMILES string of the molecule is C=C(O)C(=O)OC(=O)C(O)CO. The van der Waals surface area contributed by atoms with Gasteiger partial charge >= 0.3 is 11.9 Å². The Morgan fingerprint density at radius 2 is 2.00 bits per heavy atom. The molecule has 12 heavy (non-hydrogen) atoms. The van der Waals surface area contributed by atoms with Crippen LogP contribution in [0, 0.1) is 0 Å². The lowest BCUT2D eigenvalue weighted by Crippen LogP contribution is -2.29. The van der Waals surface area contributed by atoms with E-state index in [1.807, 2.05) is 0 Å². The summed E-state index contributed by atoms with van der Waals surface area (Å²) in [6, 6.07) is 0. The fourth-order valence-electron chi connectivity index (χ4n) is 0.293. The molecule has 0 aromatic heterocycles. The minimum absolute atomic E-state index is 0.857. The van der Waals surface area contributed by atoms with Crippen LogP contribution in [0.15, 0.2) is 12.3 Å². The first kappa shape index (κ1) is 10.6. The minimum Gasteiger partial charge on any atom is -0.502 e. The van der Waals surface area contributed by atoms with Crippen molar-refractivity contribution in [2.45, 2.75) is 6.10 Å².